The molecular weight excluding hydrogens is 316 g/mol. The van der Waals surface area contributed by atoms with Crippen LogP contribution in [0.1, 0.15) is 17.4 Å². The van der Waals surface area contributed by atoms with Crippen LogP contribution in [0.5, 0.6) is 0 Å². The molecule has 2 aromatic rings. The third-order valence-electron chi connectivity index (χ3n) is 2.84. The average molecular weight is 331 g/mol. The first kappa shape index (κ1) is 15.4. The summed E-state index contributed by atoms with van der Waals surface area (Å²) in [5.74, 6) is 0. The topological polar surface area (TPSA) is 50.3 Å². The molecular formula is C13H15ClN2O2S2. The molecule has 0 spiro atoms. The van der Waals surface area contributed by atoms with E-state index in [9.17, 15) is 8.42 Å². The summed E-state index contributed by atoms with van der Waals surface area (Å²) in [6.45, 7) is 2.27. The maximum absolute atomic E-state index is 12.4. The van der Waals surface area contributed by atoms with Crippen LogP contribution in [-0.4, -0.2) is 24.8 Å². The maximum atomic E-state index is 12.4. The van der Waals surface area contributed by atoms with Crippen LogP contribution in [0.3, 0.4) is 0 Å². The number of hydrogen-bond donors (Lipinski definition) is 0. The Morgan fingerprint density at radius 3 is 2.60 bits per heavy atom. The number of rotatable bonds is 5. The van der Waals surface area contributed by atoms with Crippen molar-refractivity contribution in [1.29, 1.82) is 0 Å². The van der Waals surface area contributed by atoms with Crippen molar-refractivity contribution in [2.24, 2.45) is 0 Å². The second-order valence-electron chi connectivity index (χ2n) is 4.32. The van der Waals surface area contributed by atoms with Gasteiger partial charge in [-0.2, -0.15) is 4.31 Å². The Balaban J connectivity index is 2.18. The molecule has 0 N–H and O–H groups in total. The van der Waals surface area contributed by atoms with Gasteiger partial charge in [-0.05, 0) is 30.2 Å². The number of halogens is 1. The van der Waals surface area contributed by atoms with Gasteiger partial charge in [0.25, 0.3) is 10.0 Å². The van der Waals surface area contributed by atoms with Crippen LogP contribution >= 0.6 is 22.9 Å². The molecule has 0 bridgehead atoms. The summed E-state index contributed by atoms with van der Waals surface area (Å²) in [5.41, 5.74) is 0.799. The van der Waals surface area contributed by atoms with Gasteiger partial charge in [-0.3, -0.25) is 0 Å². The Morgan fingerprint density at radius 2 is 2.05 bits per heavy atom. The van der Waals surface area contributed by atoms with Gasteiger partial charge in [0, 0.05) is 24.7 Å². The van der Waals surface area contributed by atoms with Crippen molar-refractivity contribution in [1.82, 2.24) is 9.29 Å². The molecule has 0 aromatic carbocycles. The molecule has 20 heavy (non-hydrogen) atoms. The van der Waals surface area contributed by atoms with Crippen LogP contribution in [0.15, 0.2) is 34.7 Å². The van der Waals surface area contributed by atoms with Crippen LogP contribution in [-0.2, 0) is 23.0 Å². The number of nitrogens with zero attached hydrogens (tertiary/aromatic N) is 2. The van der Waals surface area contributed by atoms with Crippen molar-refractivity contribution in [3.63, 3.8) is 0 Å². The van der Waals surface area contributed by atoms with E-state index in [0.717, 1.165) is 16.9 Å². The van der Waals surface area contributed by atoms with Gasteiger partial charge in [-0.1, -0.05) is 24.6 Å². The van der Waals surface area contributed by atoms with Crippen molar-refractivity contribution >= 4 is 33.0 Å². The van der Waals surface area contributed by atoms with Gasteiger partial charge in [0.2, 0.25) is 0 Å². The van der Waals surface area contributed by atoms with E-state index in [1.165, 1.54) is 15.6 Å². The third-order valence-corrected chi connectivity index (χ3v) is 6.57. The summed E-state index contributed by atoms with van der Waals surface area (Å²) in [7, 11) is -1.88. The Morgan fingerprint density at radius 1 is 1.30 bits per heavy atom. The molecule has 2 aromatic heterocycles. The fourth-order valence-electron chi connectivity index (χ4n) is 1.68. The summed E-state index contributed by atoms with van der Waals surface area (Å²) >= 11 is 7.03. The summed E-state index contributed by atoms with van der Waals surface area (Å²) in [6, 6.07) is 6.94. The smallest absolute Gasteiger partial charge is 0.244 e. The van der Waals surface area contributed by atoms with Crippen LogP contribution in [0.4, 0.5) is 0 Å². The van der Waals surface area contributed by atoms with Crippen molar-refractivity contribution < 1.29 is 8.42 Å². The molecule has 0 aliphatic carbocycles. The molecule has 0 radical (unpaired) electrons. The van der Waals surface area contributed by atoms with Gasteiger partial charge >= 0.3 is 0 Å². The second-order valence-corrected chi connectivity index (χ2v) is 8.15. The highest BCUT2D eigenvalue weighted by atomic mass is 35.5. The van der Waals surface area contributed by atoms with Crippen LogP contribution in [0.25, 0.3) is 0 Å². The normalized spacial score (nSPS) is 12.0. The molecule has 0 atom stereocenters. The minimum absolute atomic E-state index is 0.270. The fraction of sp³-hybridized carbons (Fsp3) is 0.308. The summed E-state index contributed by atoms with van der Waals surface area (Å²) < 4.78 is 26.5. The number of aromatic nitrogens is 1. The SMILES string of the molecule is CCc1ccc(S(=O)(=O)N(C)Cc2ccc(Cl)nc2)s1. The Kier molecular flexibility index (Phi) is 4.80. The molecule has 0 amide bonds. The predicted octanol–water partition coefficient (Wildman–Crippen LogP) is 3.18. The molecule has 0 unspecified atom stereocenters. The first-order chi connectivity index (χ1) is 9.43. The molecule has 0 saturated heterocycles. The highest BCUT2D eigenvalue weighted by molar-refractivity contribution is 7.91. The number of hydrogen-bond acceptors (Lipinski definition) is 4. The Hall–Kier alpha value is -0.950. The largest absolute Gasteiger partial charge is 0.252 e. The van der Waals surface area contributed by atoms with Crippen molar-refractivity contribution in [2.75, 3.05) is 7.05 Å². The van der Waals surface area contributed by atoms with Gasteiger partial charge in [-0.15, -0.1) is 11.3 Å². The highest BCUT2D eigenvalue weighted by Gasteiger charge is 2.22. The molecule has 0 aliphatic rings. The second kappa shape index (κ2) is 6.22. The number of aryl methyl sites for hydroxylation is 1. The minimum Gasteiger partial charge on any atom is -0.244 e. The van der Waals surface area contributed by atoms with E-state index >= 15 is 0 Å². The number of pyridine rings is 1. The molecule has 7 heteroatoms. The average Bonchev–Trinajstić information content (AvgIpc) is 2.90. The van der Waals surface area contributed by atoms with Crippen molar-refractivity contribution in [2.45, 2.75) is 24.1 Å². The first-order valence-corrected chi connectivity index (χ1v) is 8.72. The Labute approximate surface area is 128 Å². The predicted molar refractivity (Wildman–Crippen MR) is 81.6 cm³/mol. The zero-order chi connectivity index (χ0) is 14.8. The van der Waals surface area contributed by atoms with E-state index in [1.807, 2.05) is 13.0 Å². The lowest BCUT2D eigenvalue weighted by atomic mass is 10.3. The van der Waals surface area contributed by atoms with E-state index in [-0.39, 0.29) is 6.54 Å². The number of thiophene rings is 1. The highest BCUT2D eigenvalue weighted by Crippen LogP contribution is 2.25. The van der Waals surface area contributed by atoms with Gasteiger partial charge < -0.3 is 0 Å². The third kappa shape index (κ3) is 3.38. The summed E-state index contributed by atoms with van der Waals surface area (Å²) in [6.07, 6.45) is 2.42. The van der Waals surface area contributed by atoms with Crippen LogP contribution in [0.2, 0.25) is 5.15 Å². The lowest BCUT2D eigenvalue weighted by Crippen LogP contribution is -2.25. The summed E-state index contributed by atoms with van der Waals surface area (Å²) in [5, 5.41) is 0.394. The minimum atomic E-state index is -3.45. The van der Waals surface area contributed by atoms with E-state index in [1.54, 1.807) is 31.4 Å². The quantitative estimate of drug-likeness (QED) is 0.791. The van der Waals surface area contributed by atoms with E-state index in [4.69, 9.17) is 11.6 Å². The zero-order valence-electron chi connectivity index (χ0n) is 11.2. The summed E-state index contributed by atoms with van der Waals surface area (Å²) in [4.78, 5) is 5.01. The van der Waals surface area contributed by atoms with Crippen molar-refractivity contribution in [3.05, 3.63) is 46.1 Å². The van der Waals surface area contributed by atoms with Gasteiger partial charge in [0.15, 0.2) is 0 Å². The van der Waals surface area contributed by atoms with Crippen molar-refractivity contribution in [3.8, 4) is 0 Å². The Bertz CT molecular complexity index is 681. The van der Waals surface area contributed by atoms with Gasteiger partial charge in [-0.25, -0.2) is 13.4 Å². The van der Waals surface area contributed by atoms with E-state index < -0.39 is 10.0 Å². The van der Waals surface area contributed by atoms with E-state index in [0.29, 0.717) is 9.36 Å². The molecule has 0 fully saturated rings. The lowest BCUT2D eigenvalue weighted by Gasteiger charge is -2.15. The molecule has 108 valence electrons. The molecule has 0 aliphatic heterocycles. The van der Waals surface area contributed by atoms with E-state index in [2.05, 4.69) is 4.98 Å². The first-order valence-electron chi connectivity index (χ1n) is 6.09. The fourth-order valence-corrected chi connectivity index (χ4v) is 4.46. The maximum Gasteiger partial charge on any atom is 0.252 e. The monoisotopic (exact) mass is 330 g/mol. The molecule has 0 saturated carbocycles. The van der Waals surface area contributed by atoms with Gasteiger partial charge in [0.1, 0.15) is 9.36 Å². The molecule has 4 nitrogen and oxygen atoms in total. The number of sulfonamides is 1. The molecule has 2 heterocycles. The lowest BCUT2D eigenvalue weighted by molar-refractivity contribution is 0.468. The van der Waals surface area contributed by atoms with Crippen LogP contribution in [0, 0.1) is 0 Å². The van der Waals surface area contributed by atoms with Gasteiger partial charge in [0.05, 0.1) is 0 Å². The van der Waals surface area contributed by atoms with Crippen LogP contribution < -0.4 is 0 Å². The standard InChI is InChI=1S/C13H15ClN2O2S2/c1-3-11-5-7-13(19-11)20(17,18)16(2)9-10-4-6-12(14)15-8-10/h4-8H,3,9H2,1-2H3. The zero-order valence-corrected chi connectivity index (χ0v) is 13.6. The molecule has 2 rings (SSSR count).